The summed E-state index contributed by atoms with van der Waals surface area (Å²) in [4.78, 5) is 36.1. The fraction of sp³-hybridized carbons (Fsp3) is 0.526. The number of ether oxygens (including phenoxy) is 2. The zero-order chi connectivity index (χ0) is 20.2. The Labute approximate surface area is 157 Å². The lowest BCUT2D eigenvalue weighted by atomic mass is 9.81. The SMILES string of the molecule is CCOC(=O)CC(C)(C)c1ccc(N2C[C@H](CNC(C)=O)OC2=O)cc1F. The molecule has 1 aliphatic heterocycles. The number of amides is 2. The van der Waals surface area contributed by atoms with E-state index in [1.807, 2.05) is 0 Å². The van der Waals surface area contributed by atoms with Crippen molar-refractivity contribution in [3.8, 4) is 0 Å². The first-order valence-electron chi connectivity index (χ1n) is 8.82. The van der Waals surface area contributed by atoms with Crippen LogP contribution in [0.3, 0.4) is 0 Å². The predicted molar refractivity (Wildman–Crippen MR) is 97.0 cm³/mol. The Morgan fingerprint density at radius 3 is 2.70 bits per heavy atom. The Hall–Kier alpha value is -2.64. The van der Waals surface area contributed by atoms with E-state index in [1.54, 1.807) is 32.9 Å². The summed E-state index contributed by atoms with van der Waals surface area (Å²) in [6.07, 6.45) is -1.05. The van der Waals surface area contributed by atoms with Crippen LogP contribution in [0.2, 0.25) is 0 Å². The number of esters is 1. The number of hydrogen-bond acceptors (Lipinski definition) is 5. The number of hydrogen-bond donors (Lipinski definition) is 1. The lowest BCUT2D eigenvalue weighted by Crippen LogP contribution is -2.33. The number of nitrogens with one attached hydrogen (secondary N) is 1. The molecule has 8 heteroatoms. The van der Waals surface area contributed by atoms with Gasteiger partial charge in [-0.25, -0.2) is 9.18 Å². The second-order valence-corrected chi connectivity index (χ2v) is 7.08. The van der Waals surface area contributed by atoms with Gasteiger partial charge >= 0.3 is 12.1 Å². The van der Waals surface area contributed by atoms with E-state index in [0.717, 1.165) is 0 Å². The third kappa shape index (κ3) is 5.18. The number of nitrogens with zero attached hydrogens (tertiary/aromatic N) is 1. The van der Waals surface area contributed by atoms with Crippen molar-refractivity contribution in [3.05, 3.63) is 29.6 Å². The van der Waals surface area contributed by atoms with Crippen molar-refractivity contribution >= 4 is 23.7 Å². The molecular formula is C19H25FN2O5. The Bertz CT molecular complexity index is 735. The van der Waals surface area contributed by atoms with Crippen molar-refractivity contribution in [1.82, 2.24) is 5.32 Å². The van der Waals surface area contributed by atoms with Gasteiger partial charge < -0.3 is 14.8 Å². The molecule has 7 nitrogen and oxygen atoms in total. The van der Waals surface area contributed by atoms with Crippen LogP contribution in [0.15, 0.2) is 18.2 Å². The molecular weight excluding hydrogens is 355 g/mol. The third-order valence-electron chi connectivity index (χ3n) is 4.34. The van der Waals surface area contributed by atoms with Crippen LogP contribution >= 0.6 is 0 Å². The van der Waals surface area contributed by atoms with E-state index in [9.17, 15) is 18.8 Å². The summed E-state index contributed by atoms with van der Waals surface area (Å²) in [5, 5.41) is 2.59. The van der Waals surface area contributed by atoms with Gasteiger partial charge in [-0.1, -0.05) is 19.9 Å². The van der Waals surface area contributed by atoms with Crippen molar-refractivity contribution in [3.63, 3.8) is 0 Å². The molecule has 148 valence electrons. The van der Waals surface area contributed by atoms with Crippen LogP contribution in [0.25, 0.3) is 0 Å². The molecule has 27 heavy (non-hydrogen) atoms. The van der Waals surface area contributed by atoms with Crippen LogP contribution in [-0.4, -0.2) is 43.8 Å². The molecule has 1 aromatic rings. The van der Waals surface area contributed by atoms with Gasteiger partial charge in [-0.15, -0.1) is 0 Å². The lowest BCUT2D eigenvalue weighted by molar-refractivity contribution is -0.144. The van der Waals surface area contributed by atoms with Gasteiger partial charge in [0.25, 0.3) is 0 Å². The Morgan fingerprint density at radius 1 is 1.41 bits per heavy atom. The highest BCUT2D eigenvalue weighted by Gasteiger charge is 2.34. The molecule has 2 rings (SSSR count). The average molecular weight is 380 g/mol. The summed E-state index contributed by atoms with van der Waals surface area (Å²) >= 11 is 0. The molecule has 1 aromatic carbocycles. The molecule has 0 bridgehead atoms. The highest BCUT2D eigenvalue weighted by molar-refractivity contribution is 5.90. The van der Waals surface area contributed by atoms with Gasteiger partial charge in [0.1, 0.15) is 11.9 Å². The van der Waals surface area contributed by atoms with E-state index >= 15 is 0 Å². The molecule has 2 amide bonds. The van der Waals surface area contributed by atoms with E-state index in [-0.39, 0.29) is 32.0 Å². The zero-order valence-electron chi connectivity index (χ0n) is 16.0. The van der Waals surface area contributed by atoms with Crippen molar-refractivity contribution in [2.24, 2.45) is 0 Å². The molecule has 0 spiro atoms. The Morgan fingerprint density at radius 2 is 2.11 bits per heavy atom. The van der Waals surface area contributed by atoms with Crippen molar-refractivity contribution in [2.75, 3.05) is 24.6 Å². The Balaban J connectivity index is 2.13. The third-order valence-corrected chi connectivity index (χ3v) is 4.34. The second-order valence-electron chi connectivity index (χ2n) is 7.08. The zero-order valence-corrected chi connectivity index (χ0v) is 16.0. The number of carbonyl (C=O) groups is 3. The van der Waals surface area contributed by atoms with E-state index < -0.39 is 29.4 Å². The fourth-order valence-corrected chi connectivity index (χ4v) is 2.99. The summed E-state index contributed by atoms with van der Waals surface area (Å²) in [7, 11) is 0. The molecule has 1 heterocycles. The number of carbonyl (C=O) groups excluding carboxylic acids is 3. The first-order valence-corrected chi connectivity index (χ1v) is 8.82. The molecule has 0 saturated carbocycles. The van der Waals surface area contributed by atoms with E-state index in [2.05, 4.69) is 5.32 Å². The molecule has 0 radical (unpaired) electrons. The number of rotatable bonds is 7. The monoisotopic (exact) mass is 380 g/mol. The van der Waals surface area contributed by atoms with Gasteiger partial charge in [0, 0.05) is 12.3 Å². The minimum absolute atomic E-state index is 0.0433. The van der Waals surface area contributed by atoms with Gasteiger partial charge in [-0.3, -0.25) is 14.5 Å². The fourth-order valence-electron chi connectivity index (χ4n) is 2.99. The second kappa shape index (κ2) is 8.37. The van der Waals surface area contributed by atoms with Crippen LogP contribution in [0.5, 0.6) is 0 Å². The molecule has 0 aliphatic carbocycles. The smallest absolute Gasteiger partial charge is 0.414 e. The molecule has 1 atom stereocenters. The first-order chi connectivity index (χ1) is 12.6. The highest BCUT2D eigenvalue weighted by Crippen LogP contribution is 2.32. The Kier molecular flexibility index (Phi) is 6.41. The van der Waals surface area contributed by atoms with Gasteiger partial charge in [-0.05, 0) is 24.6 Å². The van der Waals surface area contributed by atoms with Crippen LogP contribution in [0, 0.1) is 5.82 Å². The number of anilines is 1. The quantitative estimate of drug-likeness (QED) is 0.735. The maximum Gasteiger partial charge on any atom is 0.414 e. The summed E-state index contributed by atoms with van der Waals surface area (Å²) in [6, 6.07) is 4.44. The van der Waals surface area contributed by atoms with Crippen molar-refractivity contribution in [1.29, 1.82) is 0 Å². The lowest BCUT2D eigenvalue weighted by Gasteiger charge is -2.25. The molecule has 1 N–H and O–H groups in total. The van der Waals surface area contributed by atoms with Crippen LogP contribution < -0.4 is 10.2 Å². The van der Waals surface area contributed by atoms with Crippen LogP contribution in [0.4, 0.5) is 14.9 Å². The molecule has 0 unspecified atom stereocenters. The maximum absolute atomic E-state index is 14.7. The predicted octanol–water partition coefficient (Wildman–Crippen LogP) is 2.52. The minimum atomic E-state index is -0.756. The summed E-state index contributed by atoms with van der Waals surface area (Å²) in [5.74, 6) is -1.13. The van der Waals surface area contributed by atoms with Gasteiger partial charge in [0.15, 0.2) is 0 Å². The van der Waals surface area contributed by atoms with E-state index in [0.29, 0.717) is 11.3 Å². The van der Waals surface area contributed by atoms with Gasteiger partial charge in [0.2, 0.25) is 5.91 Å². The number of halogens is 1. The van der Waals surface area contributed by atoms with E-state index in [4.69, 9.17) is 9.47 Å². The molecule has 1 saturated heterocycles. The summed E-state index contributed by atoms with van der Waals surface area (Å²) in [5.41, 5.74) is -0.0332. The van der Waals surface area contributed by atoms with Crippen molar-refractivity contribution in [2.45, 2.75) is 45.6 Å². The number of cyclic esters (lactones) is 1. The molecule has 1 fully saturated rings. The topological polar surface area (TPSA) is 84.9 Å². The average Bonchev–Trinajstić information content (AvgIpc) is 2.93. The number of benzene rings is 1. The maximum atomic E-state index is 14.7. The molecule has 0 aromatic heterocycles. The highest BCUT2D eigenvalue weighted by atomic mass is 19.1. The first kappa shape index (κ1) is 20.7. The van der Waals surface area contributed by atoms with Crippen LogP contribution in [0.1, 0.15) is 39.7 Å². The largest absolute Gasteiger partial charge is 0.466 e. The molecule has 1 aliphatic rings. The van der Waals surface area contributed by atoms with Crippen LogP contribution in [-0.2, 0) is 24.5 Å². The normalized spacial score (nSPS) is 16.9. The van der Waals surface area contributed by atoms with Crippen molar-refractivity contribution < 1.29 is 28.2 Å². The summed E-state index contributed by atoms with van der Waals surface area (Å²) < 4.78 is 24.9. The standard InChI is InChI=1S/C19H25FN2O5/c1-5-26-17(24)9-19(3,4)15-7-6-13(8-16(15)20)22-11-14(27-18(22)25)10-21-12(2)23/h6-8,14H,5,9-11H2,1-4H3,(H,21,23)/t14-/m0/s1. The van der Waals surface area contributed by atoms with Gasteiger partial charge in [0.05, 0.1) is 31.8 Å². The van der Waals surface area contributed by atoms with E-state index in [1.165, 1.54) is 17.9 Å². The summed E-state index contributed by atoms with van der Waals surface area (Å²) in [6.45, 7) is 7.29. The van der Waals surface area contributed by atoms with Gasteiger partial charge in [-0.2, -0.15) is 0 Å². The minimum Gasteiger partial charge on any atom is -0.466 e.